The Morgan fingerprint density at radius 3 is 2.75 bits per heavy atom. The highest BCUT2D eigenvalue weighted by Crippen LogP contribution is 2.27. The third-order valence-electron chi connectivity index (χ3n) is 4.35. The molecule has 128 valence electrons. The molecule has 6 heteroatoms. The first kappa shape index (κ1) is 16.4. The first-order valence-corrected chi connectivity index (χ1v) is 8.28. The molecule has 0 saturated carbocycles. The van der Waals surface area contributed by atoms with Gasteiger partial charge in [0.1, 0.15) is 0 Å². The summed E-state index contributed by atoms with van der Waals surface area (Å²) in [6, 6.07) is 5.86. The van der Waals surface area contributed by atoms with Crippen LogP contribution in [0.2, 0.25) is 0 Å². The van der Waals surface area contributed by atoms with E-state index in [0.717, 1.165) is 60.4 Å². The van der Waals surface area contributed by atoms with E-state index in [4.69, 9.17) is 9.47 Å². The number of nitrogens with zero attached hydrogens (tertiary/aromatic N) is 1. The van der Waals surface area contributed by atoms with Gasteiger partial charge in [-0.25, -0.2) is 4.98 Å². The van der Waals surface area contributed by atoms with Crippen molar-refractivity contribution >= 4 is 5.95 Å². The summed E-state index contributed by atoms with van der Waals surface area (Å²) < 4.78 is 10.6. The molecule has 6 nitrogen and oxygen atoms in total. The molecule has 1 aliphatic rings. The molecule has 1 heterocycles. The van der Waals surface area contributed by atoms with Crippen molar-refractivity contribution in [3.63, 3.8) is 0 Å². The minimum absolute atomic E-state index is 0.00619. The standard InChI is InChI=1S/C18H23N3O3/c1-23-15-8-7-12(11-16(15)24-2)9-10-19-18-20-14-6-4-3-5-13(14)17(22)21-18/h7-8,11H,3-6,9-10H2,1-2H3,(H2,19,20,21,22). The number of H-pyrrole nitrogens is 1. The molecule has 0 spiro atoms. The van der Waals surface area contributed by atoms with E-state index < -0.39 is 0 Å². The van der Waals surface area contributed by atoms with E-state index in [-0.39, 0.29) is 5.56 Å². The van der Waals surface area contributed by atoms with Crippen molar-refractivity contribution in [1.82, 2.24) is 9.97 Å². The monoisotopic (exact) mass is 329 g/mol. The van der Waals surface area contributed by atoms with Crippen molar-refractivity contribution in [2.45, 2.75) is 32.1 Å². The van der Waals surface area contributed by atoms with Crippen LogP contribution in [0, 0.1) is 0 Å². The van der Waals surface area contributed by atoms with Crippen molar-refractivity contribution in [3.05, 3.63) is 45.4 Å². The van der Waals surface area contributed by atoms with Gasteiger partial charge in [0, 0.05) is 12.1 Å². The molecule has 0 fully saturated rings. The van der Waals surface area contributed by atoms with E-state index in [0.29, 0.717) is 12.5 Å². The molecule has 1 aromatic heterocycles. The number of benzene rings is 1. The first-order valence-electron chi connectivity index (χ1n) is 8.28. The zero-order valence-corrected chi connectivity index (χ0v) is 14.1. The highest BCUT2D eigenvalue weighted by atomic mass is 16.5. The van der Waals surface area contributed by atoms with Gasteiger partial charge >= 0.3 is 0 Å². The van der Waals surface area contributed by atoms with E-state index in [1.807, 2.05) is 18.2 Å². The van der Waals surface area contributed by atoms with Gasteiger partial charge < -0.3 is 14.8 Å². The van der Waals surface area contributed by atoms with Crippen LogP contribution in [0.1, 0.15) is 29.7 Å². The van der Waals surface area contributed by atoms with E-state index in [1.165, 1.54) is 0 Å². The van der Waals surface area contributed by atoms with Gasteiger partial charge in [0.15, 0.2) is 11.5 Å². The Bertz CT molecular complexity index is 771. The predicted octanol–water partition coefficient (Wildman–Crippen LogP) is 2.32. The maximum Gasteiger partial charge on any atom is 0.255 e. The summed E-state index contributed by atoms with van der Waals surface area (Å²) in [4.78, 5) is 19.5. The Morgan fingerprint density at radius 2 is 1.96 bits per heavy atom. The van der Waals surface area contributed by atoms with Crippen LogP contribution in [0.25, 0.3) is 0 Å². The molecule has 0 radical (unpaired) electrons. The highest BCUT2D eigenvalue weighted by molar-refractivity contribution is 5.43. The number of aromatic amines is 1. The van der Waals surface area contributed by atoms with Crippen LogP contribution < -0.4 is 20.3 Å². The number of methoxy groups -OCH3 is 2. The van der Waals surface area contributed by atoms with Crippen molar-refractivity contribution in [1.29, 1.82) is 0 Å². The van der Waals surface area contributed by atoms with E-state index in [9.17, 15) is 4.79 Å². The fraction of sp³-hybridized carbons (Fsp3) is 0.444. The second-order valence-corrected chi connectivity index (χ2v) is 5.91. The van der Waals surface area contributed by atoms with Crippen molar-refractivity contribution < 1.29 is 9.47 Å². The van der Waals surface area contributed by atoms with Gasteiger partial charge in [-0.05, 0) is 49.8 Å². The molecule has 0 bridgehead atoms. The number of hydrogen-bond acceptors (Lipinski definition) is 5. The molecule has 0 aliphatic heterocycles. The predicted molar refractivity (Wildman–Crippen MR) is 93.2 cm³/mol. The number of nitrogens with one attached hydrogen (secondary N) is 2. The Morgan fingerprint density at radius 1 is 1.17 bits per heavy atom. The molecule has 0 amide bonds. The third-order valence-corrected chi connectivity index (χ3v) is 4.35. The summed E-state index contributed by atoms with van der Waals surface area (Å²) in [7, 11) is 3.25. The maximum atomic E-state index is 12.1. The van der Waals surface area contributed by atoms with Crippen LogP contribution in [-0.2, 0) is 19.3 Å². The Kier molecular flexibility index (Phi) is 5.03. The SMILES string of the molecule is COc1ccc(CCNc2nc3c(c(=O)[nH]2)CCCC3)cc1OC. The largest absolute Gasteiger partial charge is 0.493 e. The number of aromatic nitrogens is 2. The highest BCUT2D eigenvalue weighted by Gasteiger charge is 2.15. The van der Waals surface area contributed by atoms with Gasteiger partial charge in [0.2, 0.25) is 5.95 Å². The van der Waals surface area contributed by atoms with E-state index in [1.54, 1.807) is 14.2 Å². The summed E-state index contributed by atoms with van der Waals surface area (Å²) in [5, 5.41) is 3.21. The second kappa shape index (κ2) is 7.38. The zero-order valence-electron chi connectivity index (χ0n) is 14.1. The van der Waals surface area contributed by atoms with Crippen molar-refractivity contribution in [2.24, 2.45) is 0 Å². The Labute approximate surface area is 141 Å². The Balaban J connectivity index is 1.64. The lowest BCUT2D eigenvalue weighted by Crippen LogP contribution is -2.23. The number of aryl methyl sites for hydroxylation is 1. The van der Waals surface area contributed by atoms with Gasteiger partial charge in [-0.15, -0.1) is 0 Å². The number of fused-ring (bicyclic) bond motifs is 1. The number of hydrogen-bond donors (Lipinski definition) is 2. The van der Waals surface area contributed by atoms with Crippen molar-refractivity contribution in [3.8, 4) is 11.5 Å². The molecule has 3 rings (SSSR count). The summed E-state index contributed by atoms with van der Waals surface area (Å²) >= 11 is 0. The minimum Gasteiger partial charge on any atom is -0.493 e. The van der Waals surface area contributed by atoms with Gasteiger partial charge in [-0.3, -0.25) is 9.78 Å². The molecule has 0 unspecified atom stereocenters. The normalized spacial score (nSPS) is 13.2. The van der Waals surface area contributed by atoms with Gasteiger partial charge in [-0.2, -0.15) is 0 Å². The van der Waals surface area contributed by atoms with Gasteiger partial charge in [-0.1, -0.05) is 6.07 Å². The Hall–Kier alpha value is -2.50. The lowest BCUT2D eigenvalue weighted by atomic mass is 9.97. The molecule has 1 aliphatic carbocycles. The molecular formula is C18H23N3O3. The molecule has 2 N–H and O–H groups in total. The molecule has 0 saturated heterocycles. The zero-order chi connectivity index (χ0) is 16.9. The smallest absolute Gasteiger partial charge is 0.255 e. The fourth-order valence-corrected chi connectivity index (χ4v) is 3.05. The lowest BCUT2D eigenvalue weighted by Gasteiger charge is -2.15. The second-order valence-electron chi connectivity index (χ2n) is 5.91. The summed E-state index contributed by atoms with van der Waals surface area (Å²) in [6.07, 6.45) is 4.70. The fourth-order valence-electron chi connectivity index (χ4n) is 3.05. The number of ether oxygens (including phenoxy) is 2. The summed E-state index contributed by atoms with van der Waals surface area (Å²) in [6.45, 7) is 0.678. The average Bonchev–Trinajstić information content (AvgIpc) is 2.61. The van der Waals surface area contributed by atoms with Gasteiger partial charge in [0.25, 0.3) is 5.56 Å². The van der Waals surface area contributed by atoms with E-state index >= 15 is 0 Å². The summed E-state index contributed by atoms with van der Waals surface area (Å²) in [5.74, 6) is 1.99. The van der Waals surface area contributed by atoms with Crippen LogP contribution in [0.5, 0.6) is 11.5 Å². The molecule has 0 atom stereocenters. The van der Waals surface area contributed by atoms with Crippen LogP contribution in [-0.4, -0.2) is 30.7 Å². The van der Waals surface area contributed by atoms with Crippen molar-refractivity contribution in [2.75, 3.05) is 26.1 Å². The van der Waals surface area contributed by atoms with Crippen LogP contribution >= 0.6 is 0 Å². The van der Waals surface area contributed by atoms with E-state index in [2.05, 4.69) is 15.3 Å². The first-order chi connectivity index (χ1) is 11.7. The van der Waals surface area contributed by atoms with Crippen LogP contribution in [0.3, 0.4) is 0 Å². The van der Waals surface area contributed by atoms with Gasteiger partial charge in [0.05, 0.1) is 19.9 Å². The maximum absolute atomic E-state index is 12.1. The number of rotatable bonds is 6. The topological polar surface area (TPSA) is 76.2 Å². The minimum atomic E-state index is -0.00619. The molecule has 1 aromatic carbocycles. The van der Waals surface area contributed by atoms with Crippen LogP contribution in [0.15, 0.2) is 23.0 Å². The molecular weight excluding hydrogens is 306 g/mol. The number of anilines is 1. The average molecular weight is 329 g/mol. The summed E-state index contributed by atoms with van der Waals surface area (Å²) in [5.41, 5.74) is 2.92. The quantitative estimate of drug-likeness (QED) is 0.850. The lowest BCUT2D eigenvalue weighted by molar-refractivity contribution is 0.354. The third kappa shape index (κ3) is 3.53. The van der Waals surface area contributed by atoms with Crippen LogP contribution in [0.4, 0.5) is 5.95 Å². The molecule has 24 heavy (non-hydrogen) atoms. The molecule has 2 aromatic rings.